The Labute approximate surface area is 150 Å². The van der Waals surface area contributed by atoms with Crippen LogP contribution >= 0.6 is 0 Å². The van der Waals surface area contributed by atoms with Gasteiger partial charge in [0, 0.05) is 24.7 Å². The second-order valence-corrected chi connectivity index (χ2v) is 6.28. The van der Waals surface area contributed by atoms with Gasteiger partial charge in [-0.1, -0.05) is 30.3 Å². The van der Waals surface area contributed by atoms with Crippen LogP contribution in [0.4, 0.5) is 10.2 Å². The minimum atomic E-state index is -0.424. The van der Waals surface area contributed by atoms with Crippen molar-refractivity contribution < 1.29 is 4.39 Å². The van der Waals surface area contributed by atoms with E-state index in [1.54, 1.807) is 16.8 Å². The van der Waals surface area contributed by atoms with Gasteiger partial charge in [-0.25, -0.2) is 19.0 Å². The highest BCUT2D eigenvalue weighted by atomic mass is 19.1. The lowest BCUT2D eigenvalue weighted by atomic mass is 10.0. The summed E-state index contributed by atoms with van der Waals surface area (Å²) in [6.07, 6.45) is 3.92. The molecule has 0 bridgehead atoms. The van der Waals surface area contributed by atoms with Gasteiger partial charge in [0.05, 0.1) is 17.9 Å². The van der Waals surface area contributed by atoms with E-state index >= 15 is 0 Å². The summed E-state index contributed by atoms with van der Waals surface area (Å²) >= 11 is 0. The van der Waals surface area contributed by atoms with Gasteiger partial charge in [-0.05, 0) is 18.9 Å². The molecule has 6 nitrogen and oxygen atoms in total. The Kier molecular flexibility index (Phi) is 4.43. The summed E-state index contributed by atoms with van der Waals surface area (Å²) in [4.78, 5) is 21.9. The number of nitrogens with zero attached hydrogens (tertiary/aromatic N) is 5. The van der Waals surface area contributed by atoms with Crippen molar-refractivity contribution in [2.45, 2.75) is 18.9 Å². The predicted molar refractivity (Wildman–Crippen MR) is 96.4 cm³/mol. The lowest BCUT2D eigenvalue weighted by Gasteiger charge is -2.33. The molecule has 0 unspecified atom stereocenters. The largest absolute Gasteiger partial charge is 0.354 e. The molecule has 0 N–H and O–H groups in total. The van der Waals surface area contributed by atoms with Gasteiger partial charge in [0.25, 0.3) is 5.56 Å². The Hall–Kier alpha value is -3.09. The Morgan fingerprint density at radius 3 is 2.54 bits per heavy atom. The molecule has 1 aliphatic heterocycles. The lowest BCUT2D eigenvalue weighted by Crippen LogP contribution is -2.39. The van der Waals surface area contributed by atoms with Crippen molar-refractivity contribution in [2.75, 3.05) is 18.0 Å². The highest BCUT2D eigenvalue weighted by molar-refractivity contribution is 5.57. The topological polar surface area (TPSA) is 63.9 Å². The summed E-state index contributed by atoms with van der Waals surface area (Å²) in [5, 5.41) is 4.57. The van der Waals surface area contributed by atoms with E-state index in [0.29, 0.717) is 31.7 Å². The van der Waals surface area contributed by atoms with Crippen LogP contribution in [0.2, 0.25) is 0 Å². The minimum Gasteiger partial charge on any atom is -0.354 e. The van der Waals surface area contributed by atoms with Crippen LogP contribution in [0.5, 0.6) is 0 Å². The molecular weight excluding hydrogens is 333 g/mol. The molecule has 1 aromatic carbocycles. The maximum absolute atomic E-state index is 13.9. The first-order valence-electron chi connectivity index (χ1n) is 8.58. The standard InChI is InChI=1S/C19H18FN5O/c20-16-12-21-13-22-19(16)24-10-8-15(9-11-24)25-18(26)7-6-17(23-25)14-4-2-1-3-5-14/h1-7,12-13,15H,8-11H2. The quantitative estimate of drug-likeness (QED) is 0.726. The molecule has 2 aromatic heterocycles. The summed E-state index contributed by atoms with van der Waals surface area (Å²) in [6.45, 7) is 1.23. The smallest absolute Gasteiger partial charge is 0.267 e. The van der Waals surface area contributed by atoms with Crippen LogP contribution in [-0.2, 0) is 0 Å². The lowest BCUT2D eigenvalue weighted by molar-refractivity contribution is 0.352. The van der Waals surface area contributed by atoms with Crippen molar-refractivity contribution in [2.24, 2.45) is 0 Å². The van der Waals surface area contributed by atoms with Crippen molar-refractivity contribution in [3.63, 3.8) is 0 Å². The Balaban J connectivity index is 1.55. The van der Waals surface area contributed by atoms with Crippen LogP contribution < -0.4 is 10.5 Å². The van der Waals surface area contributed by atoms with Gasteiger partial charge in [-0.15, -0.1) is 0 Å². The summed E-state index contributed by atoms with van der Waals surface area (Å²) in [5.41, 5.74) is 1.63. The van der Waals surface area contributed by atoms with Crippen LogP contribution in [0, 0.1) is 5.82 Å². The molecule has 1 fully saturated rings. The van der Waals surface area contributed by atoms with Gasteiger partial charge >= 0.3 is 0 Å². The molecule has 132 valence electrons. The zero-order valence-corrected chi connectivity index (χ0v) is 14.1. The molecule has 0 spiro atoms. The molecule has 0 saturated carbocycles. The third-order valence-corrected chi connectivity index (χ3v) is 4.65. The van der Waals surface area contributed by atoms with Crippen LogP contribution in [0.1, 0.15) is 18.9 Å². The van der Waals surface area contributed by atoms with Crippen molar-refractivity contribution in [3.8, 4) is 11.3 Å². The molecule has 0 radical (unpaired) electrons. The minimum absolute atomic E-state index is 0.00712. The van der Waals surface area contributed by atoms with E-state index in [0.717, 1.165) is 11.3 Å². The van der Waals surface area contributed by atoms with Crippen molar-refractivity contribution in [3.05, 3.63) is 71.2 Å². The molecule has 1 saturated heterocycles. The van der Waals surface area contributed by atoms with E-state index in [2.05, 4.69) is 15.1 Å². The molecule has 0 aliphatic carbocycles. The first-order chi connectivity index (χ1) is 12.7. The van der Waals surface area contributed by atoms with Crippen molar-refractivity contribution in [1.82, 2.24) is 19.7 Å². The van der Waals surface area contributed by atoms with Crippen molar-refractivity contribution >= 4 is 5.82 Å². The van der Waals surface area contributed by atoms with Crippen LogP contribution in [0.3, 0.4) is 0 Å². The highest BCUT2D eigenvalue weighted by Gasteiger charge is 2.24. The monoisotopic (exact) mass is 351 g/mol. The first-order valence-corrected chi connectivity index (χ1v) is 8.58. The number of aromatic nitrogens is 4. The Morgan fingerprint density at radius 2 is 1.81 bits per heavy atom. The van der Waals surface area contributed by atoms with E-state index in [1.807, 2.05) is 35.2 Å². The summed E-state index contributed by atoms with van der Waals surface area (Å²) in [5.74, 6) is -0.107. The van der Waals surface area contributed by atoms with Crippen molar-refractivity contribution in [1.29, 1.82) is 0 Å². The average Bonchev–Trinajstić information content (AvgIpc) is 2.70. The maximum atomic E-state index is 13.9. The fourth-order valence-electron chi connectivity index (χ4n) is 3.31. The fourth-order valence-corrected chi connectivity index (χ4v) is 3.31. The molecule has 4 rings (SSSR count). The predicted octanol–water partition coefficient (Wildman–Crippen LogP) is 2.68. The molecule has 7 heteroatoms. The average molecular weight is 351 g/mol. The highest BCUT2D eigenvalue weighted by Crippen LogP contribution is 2.26. The van der Waals surface area contributed by atoms with E-state index in [9.17, 15) is 9.18 Å². The SMILES string of the molecule is O=c1ccc(-c2ccccc2)nn1C1CCN(c2ncncc2F)CC1. The molecule has 1 aliphatic rings. The normalized spacial score (nSPS) is 15.2. The number of hydrogen-bond donors (Lipinski definition) is 0. The van der Waals surface area contributed by atoms with E-state index in [-0.39, 0.29) is 11.6 Å². The van der Waals surface area contributed by atoms with E-state index in [1.165, 1.54) is 12.5 Å². The number of piperidine rings is 1. The third-order valence-electron chi connectivity index (χ3n) is 4.65. The first kappa shape index (κ1) is 16.4. The van der Waals surface area contributed by atoms with Gasteiger partial charge in [0.1, 0.15) is 6.33 Å². The Morgan fingerprint density at radius 1 is 1.04 bits per heavy atom. The number of rotatable bonds is 3. The third kappa shape index (κ3) is 3.20. The second kappa shape index (κ2) is 7.03. The van der Waals surface area contributed by atoms with Gasteiger partial charge < -0.3 is 4.90 Å². The number of anilines is 1. The van der Waals surface area contributed by atoms with Gasteiger partial charge in [0.2, 0.25) is 0 Å². The van der Waals surface area contributed by atoms with E-state index in [4.69, 9.17) is 0 Å². The van der Waals surface area contributed by atoms with E-state index < -0.39 is 5.82 Å². The Bertz CT molecular complexity index is 951. The molecular formula is C19H18FN5O. The molecule has 3 heterocycles. The summed E-state index contributed by atoms with van der Waals surface area (Å²) in [7, 11) is 0. The van der Waals surface area contributed by atoms with Gasteiger partial charge in [-0.2, -0.15) is 5.10 Å². The van der Waals surface area contributed by atoms with Crippen LogP contribution in [0.15, 0.2) is 59.8 Å². The molecule has 0 amide bonds. The molecule has 3 aromatic rings. The second-order valence-electron chi connectivity index (χ2n) is 6.28. The van der Waals surface area contributed by atoms with Crippen LogP contribution in [0.25, 0.3) is 11.3 Å². The molecule has 0 atom stereocenters. The van der Waals surface area contributed by atoms with Gasteiger partial charge in [-0.3, -0.25) is 4.79 Å². The zero-order valence-electron chi connectivity index (χ0n) is 14.1. The number of benzene rings is 1. The van der Waals surface area contributed by atoms with Crippen LogP contribution in [-0.4, -0.2) is 32.8 Å². The number of halogens is 1. The summed E-state index contributed by atoms with van der Waals surface area (Å²) in [6, 6.07) is 13.1. The summed E-state index contributed by atoms with van der Waals surface area (Å²) < 4.78 is 15.4. The number of hydrogen-bond acceptors (Lipinski definition) is 5. The maximum Gasteiger partial charge on any atom is 0.267 e. The zero-order chi connectivity index (χ0) is 17.9. The molecule has 26 heavy (non-hydrogen) atoms. The van der Waals surface area contributed by atoms with Gasteiger partial charge in [0.15, 0.2) is 11.6 Å². The fraction of sp³-hybridized carbons (Fsp3) is 0.263.